The molecule has 1 aromatic carbocycles. The Balaban J connectivity index is 1.95. The van der Waals surface area contributed by atoms with Crippen LogP contribution in [0, 0.1) is 0 Å². The third-order valence-electron chi connectivity index (χ3n) is 3.00. The Hall–Kier alpha value is -2.50. The summed E-state index contributed by atoms with van der Waals surface area (Å²) in [6.07, 6.45) is 3.21. The van der Waals surface area contributed by atoms with Crippen molar-refractivity contribution in [3.8, 4) is 0 Å². The van der Waals surface area contributed by atoms with Crippen LogP contribution in [0.5, 0.6) is 0 Å². The first-order valence-corrected chi connectivity index (χ1v) is 6.95. The van der Waals surface area contributed by atoms with E-state index in [0.29, 0.717) is 12.5 Å². The molecule has 0 spiro atoms. The number of carbonyl (C=O) groups excluding carboxylic acids is 1. The zero-order chi connectivity index (χ0) is 15.2. The third-order valence-corrected chi connectivity index (χ3v) is 3.00. The van der Waals surface area contributed by atoms with Crippen LogP contribution >= 0.6 is 0 Å². The molecular weight excluding hydrogens is 266 g/mol. The molecule has 0 aliphatic carbocycles. The SMILES string of the molecule is CCn1nnc(NC(=O)/C=C/c2ccc(C(C)C)cc2)n1. The molecule has 0 atom stereocenters. The highest BCUT2D eigenvalue weighted by Crippen LogP contribution is 2.15. The summed E-state index contributed by atoms with van der Waals surface area (Å²) >= 11 is 0. The van der Waals surface area contributed by atoms with Crippen molar-refractivity contribution in [1.82, 2.24) is 20.2 Å². The quantitative estimate of drug-likeness (QED) is 0.856. The maximum Gasteiger partial charge on any atom is 0.270 e. The van der Waals surface area contributed by atoms with Crippen molar-refractivity contribution < 1.29 is 4.79 Å². The number of carbonyl (C=O) groups is 1. The lowest BCUT2D eigenvalue weighted by Gasteiger charge is -2.04. The van der Waals surface area contributed by atoms with Crippen LogP contribution in [-0.2, 0) is 11.3 Å². The zero-order valence-electron chi connectivity index (χ0n) is 12.4. The fourth-order valence-electron chi connectivity index (χ4n) is 1.74. The standard InChI is InChI=1S/C15H19N5O/c1-4-20-18-15(17-19-20)16-14(21)10-7-12-5-8-13(9-6-12)11(2)3/h5-11H,4H2,1-3H3,(H,16,18,21)/b10-7+. The Morgan fingerprint density at radius 2 is 2.05 bits per heavy atom. The van der Waals surface area contributed by atoms with Gasteiger partial charge in [0.15, 0.2) is 0 Å². The fraction of sp³-hybridized carbons (Fsp3) is 0.333. The summed E-state index contributed by atoms with van der Waals surface area (Å²) in [4.78, 5) is 13.2. The van der Waals surface area contributed by atoms with E-state index in [4.69, 9.17) is 0 Å². The number of hydrogen-bond acceptors (Lipinski definition) is 4. The average molecular weight is 285 g/mol. The fourth-order valence-corrected chi connectivity index (χ4v) is 1.74. The molecule has 0 radical (unpaired) electrons. The van der Waals surface area contributed by atoms with Crippen LogP contribution in [0.15, 0.2) is 30.3 Å². The maximum atomic E-state index is 11.7. The Kier molecular flexibility index (Phi) is 4.81. The topological polar surface area (TPSA) is 72.7 Å². The van der Waals surface area contributed by atoms with E-state index in [1.165, 1.54) is 16.4 Å². The van der Waals surface area contributed by atoms with E-state index in [2.05, 4.69) is 46.7 Å². The van der Waals surface area contributed by atoms with Crippen LogP contribution in [-0.4, -0.2) is 26.1 Å². The number of rotatable bonds is 5. The van der Waals surface area contributed by atoms with Crippen LogP contribution in [0.2, 0.25) is 0 Å². The van der Waals surface area contributed by atoms with Crippen LogP contribution in [0.3, 0.4) is 0 Å². The van der Waals surface area contributed by atoms with Crippen LogP contribution in [0.1, 0.15) is 37.8 Å². The van der Waals surface area contributed by atoms with E-state index < -0.39 is 0 Å². The lowest BCUT2D eigenvalue weighted by molar-refractivity contribution is -0.111. The van der Waals surface area contributed by atoms with Gasteiger partial charge in [-0.1, -0.05) is 43.2 Å². The highest BCUT2D eigenvalue weighted by atomic mass is 16.1. The van der Waals surface area contributed by atoms with Gasteiger partial charge in [-0.15, -0.1) is 5.10 Å². The minimum atomic E-state index is -0.279. The van der Waals surface area contributed by atoms with Crippen molar-refractivity contribution in [3.63, 3.8) is 0 Å². The Morgan fingerprint density at radius 3 is 2.62 bits per heavy atom. The molecule has 110 valence electrons. The molecule has 1 heterocycles. The van der Waals surface area contributed by atoms with Gasteiger partial charge in [0.2, 0.25) is 0 Å². The molecule has 0 saturated heterocycles. The van der Waals surface area contributed by atoms with E-state index in [9.17, 15) is 4.79 Å². The van der Waals surface area contributed by atoms with Crippen molar-refractivity contribution in [2.24, 2.45) is 0 Å². The van der Waals surface area contributed by atoms with E-state index in [1.807, 2.05) is 19.1 Å². The summed E-state index contributed by atoms with van der Waals surface area (Å²) in [6, 6.07) is 8.11. The molecule has 0 aliphatic heterocycles. The van der Waals surface area contributed by atoms with Crippen LogP contribution < -0.4 is 5.32 Å². The number of hydrogen-bond donors (Lipinski definition) is 1. The number of aromatic nitrogens is 4. The summed E-state index contributed by atoms with van der Waals surface area (Å²) in [5.74, 6) is 0.429. The average Bonchev–Trinajstić information content (AvgIpc) is 2.93. The van der Waals surface area contributed by atoms with Gasteiger partial charge in [-0.05, 0) is 35.3 Å². The van der Waals surface area contributed by atoms with Crippen LogP contribution in [0.4, 0.5) is 5.95 Å². The van der Waals surface area contributed by atoms with Crippen molar-refractivity contribution in [1.29, 1.82) is 0 Å². The molecule has 0 saturated carbocycles. The number of anilines is 1. The first kappa shape index (κ1) is 14.9. The maximum absolute atomic E-state index is 11.7. The number of nitrogens with one attached hydrogen (secondary N) is 1. The number of tetrazole rings is 1. The summed E-state index contributed by atoms with van der Waals surface area (Å²) in [5.41, 5.74) is 2.25. The van der Waals surface area contributed by atoms with Crippen molar-refractivity contribution in [2.45, 2.75) is 33.2 Å². The predicted octanol–water partition coefficient (Wildman–Crippen LogP) is 2.47. The lowest BCUT2D eigenvalue weighted by atomic mass is 10.0. The highest BCUT2D eigenvalue weighted by molar-refractivity contribution is 6.00. The van der Waals surface area contributed by atoms with Gasteiger partial charge in [0.25, 0.3) is 11.9 Å². The Bertz CT molecular complexity index is 628. The second-order valence-corrected chi connectivity index (χ2v) is 4.95. The minimum absolute atomic E-state index is 0.210. The smallest absolute Gasteiger partial charge is 0.270 e. The summed E-state index contributed by atoms with van der Waals surface area (Å²) in [6.45, 7) is 6.80. The van der Waals surface area contributed by atoms with Gasteiger partial charge in [0.1, 0.15) is 0 Å². The molecule has 6 heteroatoms. The molecule has 0 aliphatic rings. The molecule has 0 fully saturated rings. The molecule has 2 aromatic rings. The number of nitrogens with zero attached hydrogens (tertiary/aromatic N) is 4. The molecule has 1 aromatic heterocycles. The van der Waals surface area contributed by atoms with Gasteiger partial charge >= 0.3 is 0 Å². The zero-order valence-corrected chi connectivity index (χ0v) is 12.4. The largest absolute Gasteiger partial charge is 0.288 e. The molecular formula is C15H19N5O. The normalized spacial score (nSPS) is 11.2. The number of amides is 1. The van der Waals surface area contributed by atoms with E-state index in [1.54, 1.807) is 6.08 Å². The van der Waals surface area contributed by atoms with Gasteiger partial charge in [-0.2, -0.15) is 4.80 Å². The second kappa shape index (κ2) is 6.78. The Morgan fingerprint density at radius 1 is 1.33 bits per heavy atom. The van der Waals surface area contributed by atoms with Gasteiger partial charge in [-0.25, -0.2) is 0 Å². The molecule has 2 rings (SSSR count). The first-order valence-electron chi connectivity index (χ1n) is 6.95. The van der Waals surface area contributed by atoms with Crippen LogP contribution in [0.25, 0.3) is 6.08 Å². The Labute approximate surface area is 123 Å². The monoisotopic (exact) mass is 285 g/mol. The van der Waals surface area contributed by atoms with Gasteiger partial charge in [0, 0.05) is 6.08 Å². The molecule has 21 heavy (non-hydrogen) atoms. The summed E-state index contributed by atoms with van der Waals surface area (Å²) in [7, 11) is 0. The van der Waals surface area contributed by atoms with Gasteiger partial charge < -0.3 is 0 Å². The van der Waals surface area contributed by atoms with Crippen molar-refractivity contribution in [3.05, 3.63) is 41.5 Å². The van der Waals surface area contributed by atoms with E-state index in [0.717, 1.165) is 5.56 Å². The molecule has 1 amide bonds. The number of aryl methyl sites for hydroxylation is 1. The third kappa shape index (κ3) is 4.24. The van der Waals surface area contributed by atoms with Gasteiger partial charge in [0.05, 0.1) is 6.54 Å². The molecule has 6 nitrogen and oxygen atoms in total. The predicted molar refractivity (Wildman–Crippen MR) is 81.7 cm³/mol. The van der Waals surface area contributed by atoms with E-state index in [-0.39, 0.29) is 11.9 Å². The van der Waals surface area contributed by atoms with Crippen molar-refractivity contribution in [2.75, 3.05) is 5.32 Å². The number of benzene rings is 1. The minimum Gasteiger partial charge on any atom is -0.288 e. The van der Waals surface area contributed by atoms with Gasteiger partial charge in [-0.3, -0.25) is 10.1 Å². The molecule has 0 bridgehead atoms. The summed E-state index contributed by atoms with van der Waals surface area (Å²) in [5, 5.41) is 14.0. The second-order valence-electron chi connectivity index (χ2n) is 4.95. The van der Waals surface area contributed by atoms with E-state index >= 15 is 0 Å². The first-order chi connectivity index (χ1) is 10.1. The highest BCUT2D eigenvalue weighted by Gasteiger charge is 2.04. The van der Waals surface area contributed by atoms with Crippen molar-refractivity contribution >= 4 is 17.9 Å². The lowest BCUT2D eigenvalue weighted by Crippen LogP contribution is -2.09. The molecule has 0 unspecified atom stereocenters. The molecule has 1 N–H and O–H groups in total. The summed E-state index contributed by atoms with van der Waals surface area (Å²) < 4.78 is 0.